The third-order valence-electron chi connectivity index (χ3n) is 3.70. The second-order valence-electron chi connectivity index (χ2n) is 6.04. The maximum Gasteiger partial charge on any atom is 0.344 e. The van der Waals surface area contributed by atoms with Gasteiger partial charge in [-0.1, -0.05) is 55.8 Å². The van der Waals surface area contributed by atoms with Gasteiger partial charge >= 0.3 is 5.97 Å². The molecule has 2 aromatic carbocycles. The van der Waals surface area contributed by atoms with Crippen molar-refractivity contribution in [2.24, 2.45) is 0 Å². The van der Waals surface area contributed by atoms with Crippen LogP contribution in [0, 0.1) is 0 Å². The third-order valence-corrected chi connectivity index (χ3v) is 4.07. The van der Waals surface area contributed by atoms with Gasteiger partial charge in [-0.25, -0.2) is 4.79 Å². The van der Waals surface area contributed by atoms with E-state index in [2.05, 4.69) is 19.2 Å². The summed E-state index contributed by atoms with van der Waals surface area (Å²) in [5, 5.41) is 3.22. The predicted octanol–water partition coefficient (Wildman–Crippen LogP) is 3.70. The summed E-state index contributed by atoms with van der Waals surface area (Å²) in [4.78, 5) is 23.4. The van der Waals surface area contributed by atoms with Crippen LogP contribution in [0.5, 0.6) is 5.75 Å². The zero-order valence-electron chi connectivity index (χ0n) is 14.8. The average Bonchev–Trinajstić information content (AvgIpc) is 2.64. The van der Waals surface area contributed by atoms with Crippen LogP contribution in [-0.2, 0) is 20.9 Å². The van der Waals surface area contributed by atoms with Crippen molar-refractivity contribution in [2.45, 2.75) is 26.3 Å². The lowest BCUT2D eigenvalue weighted by Gasteiger charge is -2.10. The minimum atomic E-state index is -0.606. The fraction of sp³-hybridized carbons (Fsp3) is 0.300. The van der Waals surface area contributed by atoms with E-state index in [0.29, 0.717) is 16.7 Å². The van der Waals surface area contributed by atoms with Gasteiger partial charge in [-0.3, -0.25) is 4.79 Å². The van der Waals surface area contributed by atoms with Gasteiger partial charge in [-0.15, -0.1) is 0 Å². The summed E-state index contributed by atoms with van der Waals surface area (Å²) in [5.74, 6) is -0.00167. The number of hydrogen-bond donors (Lipinski definition) is 1. The number of halogens is 1. The van der Waals surface area contributed by atoms with E-state index in [1.807, 2.05) is 30.3 Å². The molecule has 0 aliphatic carbocycles. The Morgan fingerprint density at radius 1 is 1.04 bits per heavy atom. The van der Waals surface area contributed by atoms with Crippen LogP contribution in [-0.4, -0.2) is 25.1 Å². The first-order valence-corrected chi connectivity index (χ1v) is 8.72. The summed E-state index contributed by atoms with van der Waals surface area (Å²) in [6.07, 6.45) is 0. The van der Waals surface area contributed by atoms with Crippen LogP contribution >= 0.6 is 11.6 Å². The molecule has 2 aromatic rings. The van der Waals surface area contributed by atoms with E-state index in [4.69, 9.17) is 21.1 Å². The average molecular weight is 376 g/mol. The van der Waals surface area contributed by atoms with Crippen LogP contribution in [0.3, 0.4) is 0 Å². The van der Waals surface area contributed by atoms with E-state index in [9.17, 15) is 9.59 Å². The Kier molecular flexibility index (Phi) is 7.48. The fourth-order valence-electron chi connectivity index (χ4n) is 2.17. The Morgan fingerprint density at radius 2 is 1.73 bits per heavy atom. The molecule has 0 aliphatic rings. The van der Waals surface area contributed by atoms with Crippen LogP contribution in [0.4, 0.5) is 0 Å². The molecule has 26 heavy (non-hydrogen) atoms. The van der Waals surface area contributed by atoms with Crippen molar-refractivity contribution in [3.05, 3.63) is 64.7 Å². The monoisotopic (exact) mass is 375 g/mol. The Bertz CT molecular complexity index is 744. The Labute approximate surface area is 158 Å². The molecule has 0 unspecified atom stereocenters. The van der Waals surface area contributed by atoms with Gasteiger partial charge in [0.05, 0.1) is 0 Å². The summed E-state index contributed by atoms with van der Waals surface area (Å²) in [6.45, 7) is 3.86. The van der Waals surface area contributed by atoms with E-state index >= 15 is 0 Å². The number of carbonyl (C=O) groups is 2. The maximum absolute atomic E-state index is 11.7. The highest BCUT2D eigenvalue weighted by Gasteiger charge is 2.09. The summed E-state index contributed by atoms with van der Waals surface area (Å²) in [6, 6.07) is 14.7. The third kappa shape index (κ3) is 6.41. The van der Waals surface area contributed by atoms with Gasteiger partial charge in [0.2, 0.25) is 0 Å². The van der Waals surface area contributed by atoms with Crippen molar-refractivity contribution >= 4 is 23.5 Å². The van der Waals surface area contributed by atoms with Crippen LogP contribution < -0.4 is 10.1 Å². The summed E-state index contributed by atoms with van der Waals surface area (Å²) >= 11 is 6.01. The lowest BCUT2D eigenvalue weighted by molar-refractivity contribution is -0.150. The molecule has 0 saturated carbocycles. The molecule has 0 atom stereocenters. The molecule has 1 amide bonds. The number of ether oxygens (including phenoxy) is 2. The highest BCUT2D eigenvalue weighted by molar-refractivity contribution is 6.31. The minimum absolute atomic E-state index is 0.251. The number of nitrogens with one attached hydrogen (secondary N) is 1. The van der Waals surface area contributed by atoms with Crippen LogP contribution in [0.1, 0.15) is 30.9 Å². The van der Waals surface area contributed by atoms with Gasteiger partial charge in [0.15, 0.2) is 13.2 Å². The van der Waals surface area contributed by atoms with E-state index < -0.39 is 11.9 Å². The molecule has 0 fully saturated rings. The highest BCUT2D eigenvalue weighted by atomic mass is 35.5. The number of amides is 1. The summed E-state index contributed by atoms with van der Waals surface area (Å²) in [7, 11) is 0. The normalized spacial score (nSPS) is 10.5. The summed E-state index contributed by atoms with van der Waals surface area (Å²) in [5.41, 5.74) is 1.98. The largest absolute Gasteiger partial charge is 0.482 e. The van der Waals surface area contributed by atoms with Gasteiger partial charge in [0.25, 0.3) is 5.91 Å². The molecule has 0 saturated heterocycles. The number of hydrogen-bond acceptors (Lipinski definition) is 4. The van der Waals surface area contributed by atoms with E-state index in [0.717, 1.165) is 5.56 Å². The van der Waals surface area contributed by atoms with Crippen molar-refractivity contribution in [1.82, 2.24) is 5.32 Å². The first-order valence-electron chi connectivity index (χ1n) is 8.34. The molecule has 0 aromatic heterocycles. The number of benzene rings is 2. The van der Waals surface area contributed by atoms with Crippen molar-refractivity contribution in [1.29, 1.82) is 0 Å². The fourth-order valence-corrected chi connectivity index (χ4v) is 2.37. The van der Waals surface area contributed by atoms with E-state index in [-0.39, 0.29) is 19.8 Å². The molecule has 6 heteroatoms. The van der Waals surface area contributed by atoms with Crippen LogP contribution in [0.15, 0.2) is 48.5 Å². The van der Waals surface area contributed by atoms with Gasteiger partial charge in [-0.05, 0) is 35.2 Å². The molecule has 0 aliphatic heterocycles. The second kappa shape index (κ2) is 9.82. The minimum Gasteiger partial charge on any atom is -0.482 e. The molecular weight excluding hydrogens is 354 g/mol. The first kappa shape index (κ1) is 19.8. The lowest BCUT2D eigenvalue weighted by atomic mass is 10.0. The number of carbonyl (C=O) groups excluding carboxylic acids is 2. The highest BCUT2D eigenvalue weighted by Crippen LogP contribution is 2.18. The molecule has 5 nitrogen and oxygen atoms in total. The zero-order valence-corrected chi connectivity index (χ0v) is 15.6. The molecular formula is C20H22ClNO4. The Balaban J connectivity index is 1.68. The molecule has 0 bridgehead atoms. The van der Waals surface area contributed by atoms with Gasteiger partial charge in [0.1, 0.15) is 5.75 Å². The van der Waals surface area contributed by atoms with E-state index in [1.165, 1.54) is 5.56 Å². The molecule has 138 valence electrons. The van der Waals surface area contributed by atoms with Crippen molar-refractivity contribution < 1.29 is 19.1 Å². The van der Waals surface area contributed by atoms with Gasteiger partial charge in [0, 0.05) is 11.6 Å². The lowest BCUT2D eigenvalue weighted by Crippen LogP contribution is -2.29. The van der Waals surface area contributed by atoms with Crippen molar-refractivity contribution in [3.63, 3.8) is 0 Å². The Hall–Kier alpha value is -2.53. The summed E-state index contributed by atoms with van der Waals surface area (Å²) < 4.78 is 10.3. The number of esters is 1. The SMILES string of the molecule is CC(C)c1ccc(OCC(=O)OCC(=O)NCc2ccccc2Cl)cc1. The van der Waals surface area contributed by atoms with Crippen LogP contribution in [0.2, 0.25) is 5.02 Å². The van der Waals surface area contributed by atoms with Crippen LogP contribution in [0.25, 0.3) is 0 Å². The quantitative estimate of drug-likeness (QED) is 0.714. The second-order valence-corrected chi connectivity index (χ2v) is 6.45. The van der Waals surface area contributed by atoms with Gasteiger partial charge < -0.3 is 14.8 Å². The maximum atomic E-state index is 11.7. The topological polar surface area (TPSA) is 64.6 Å². The predicted molar refractivity (Wildman–Crippen MR) is 100 cm³/mol. The first-order chi connectivity index (χ1) is 12.5. The standard InChI is InChI=1S/C20H22ClNO4/c1-14(2)15-7-9-17(10-8-15)25-13-20(24)26-12-19(23)22-11-16-5-3-4-6-18(16)21/h3-10,14H,11-13H2,1-2H3,(H,22,23). The van der Waals surface area contributed by atoms with E-state index in [1.54, 1.807) is 18.2 Å². The molecule has 0 radical (unpaired) electrons. The molecule has 1 N–H and O–H groups in total. The Morgan fingerprint density at radius 3 is 2.38 bits per heavy atom. The number of rotatable bonds is 8. The van der Waals surface area contributed by atoms with Crippen molar-refractivity contribution in [2.75, 3.05) is 13.2 Å². The van der Waals surface area contributed by atoms with Crippen molar-refractivity contribution in [3.8, 4) is 5.75 Å². The van der Waals surface area contributed by atoms with Gasteiger partial charge in [-0.2, -0.15) is 0 Å². The zero-order chi connectivity index (χ0) is 18.9. The smallest absolute Gasteiger partial charge is 0.344 e. The molecule has 0 heterocycles. The molecule has 0 spiro atoms. The molecule has 2 rings (SSSR count).